The molecule has 2 N–H and O–H groups in total. The molecule has 0 saturated carbocycles. The first kappa shape index (κ1) is 17.0. The van der Waals surface area contributed by atoms with Gasteiger partial charge in [-0.1, -0.05) is 6.07 Å². The zero-order valence-corrected chi connectivity index (χ0v) is 14.0. The summed E-state index contributed by atoms with van der Waals surface area (Å²) >= 11 is 0. The van der Waals surface area contributed by atoms with E-state index in [2.05, 4.69) is 10.2 Å². The lowest BCUT2D eigenvalue weighted by Gasteiger charge is -2.36. The maximum atomic E-state index is 13.3. The number of likely N-dealkylation sites (tertiary alicyclic amines) is 1. The number of halogens is 1. The summed E-state index contributed by atoms with van der Waals surface area (Å²) in [5.41, 5.74) is 0.904. The zero-order chi connectivity index (χ0) is 16.9. The monoisotopic (exact) mass is 335 g/mol. The summed E-state index contributed by atoms with van der Waals surface area (Å²) in [6, 6.07) is 6.81. The van der Waals surface area contributed by atoms with Crippen molar-refractivity contribution >= 4 is 11.7 Å². The number of anilines is 1. The lowest BCUT2D eigenvalue weighted by Crippen LogP contribution is -2.51. The van der Waals surface area contributed by atoms with E-state index in [9.17, 15) is 14.3 Å². The van der Waals surface area contributed by atoms with Gasteiger partial charge in [-0.05, 0) is 49.8 Å². The molecule has 0 radical (unpaired) electrons. The minimum atomic E-state index is -0.216. The number of carbonyl (C=O) groups excluding carboxylic acids is 1. The number of aliphatic hydroxyl groups is 1. The fourth-order valence-electron chi connectivity index (χ4n) is 3.62. The largest absolute Gasteiger partial charge is 0.396 e. The third-order valence-electron chi connectivity index (χ3n) is 5.06. The molecule has 1 unspecified atom stereocenters. The van der Waals surface area contributed by atoms with Gasteiger partial charge in [0.15, 0.2) is 0 Å². The molecule has 0 aliphatic carbocycles. The molecular weight excluding hydrogens is 309 g/mol. The number of piperidine rings is 2. The quantitative estimate of drug-likeness (QED) is 0.890. The number of urea groups is 1. The smallest absolute Gasteiger partial charge is 0.317 e. The minimum Gasteiger partial charge on any atom is -0.396 e. The molecule has 2 aliphatic rings. The molecule has 2 fully saturated rings. The van der Waals surface area contributed by atoms with Gasteiger partial charge in [-0.2, -0.15) is 0 Å². The van der Waals surface area contributed by atoms with E-state index in [-0.39, 0.29) is 30.4 Å². The summed E-state index contributed by atoms with van der Waals surface area (Å²) in [6.07, 6.45) is 3.67. The Morgan fingerprint density at radius 3 is 2.75 bits per heavy atom. The molecule has 1 atom stereocenters. The second-order valence-corrected chi connectivity index (χ2v) is 6.83. The number of hydrogen-bond donors (Lipinski definition) is 2. The molecule has 6 heteroatoms. The van der Waals surface area contributed by atoms with E-state index in [1.54, 1.807) is 12.1 Å². The molecule has 0 aromatic heterocycles. The molecule has 5 nitrogen and oxygen atoms in total. The average molecular weight is 335 g/mol. The molecule has 1 aromatic rings. The highest BCUT2D eigenvalue weighted by Crippen LogP contribution is 2.21. The lowest BCUT2D eigenvalue weighted by molar-refractivity contribution is 0.127. The molecule has 132 valence electrons. The van der Waals surface area contributed by atoms with Crippen LogP contribution in [0.3, 0.4) is 0 Å². The van der Waals surface area contributed by atoms with Gasteiger partial charge >= 0.3 is 6.03 Å². The van der Waals surface area contributed by atoms with Gasteiger partial charge in [0.25, 0.3) is 0 Å². The highest BCUT2D eigenvalue weighted by atomic mass is 19.1. The van der Waals surface area contributed by atoms with Crippen molar-refractivity contribution in [3.8, 4) is 0 Å². The van der Waals surface area contributed by atoms with Crippen molar-refractivity contribution in [1.29, 1.82) is 0 Å². The third-order valence-corrected chi connectivity index (χ3v) is 5.06. The van der Waals surface area contributed by atoms with Crippen LogP contribution < -0.4 is 10.2 Å². The van der Waals surface area contributed by atoms with Gasteiger partial charge < -0.3 is 20.2 Å². The van der Waals surface area contributed by atoms with Gasteiger partial charge in [0.2, 0.25) is 0 Å². The van der Waals surface area contributed by atoms with Crippen molar-refractivity contribution in [1.82, 2.24) is 10.2 Å². The topological polar surface area (TPSA) is 55.8 Å². The molecule has 0 bridgehead atoms. The first-order valence-corrected chi connectivity index (χ1v) is 8.82. The van der Waals surface area contributed by atoms with Crippen LogP contribution in [-0.2, 0) is 0 Å². The van der Waals surface area contributed by atoms with Crippen LogP contribution in [0.5, 0.6) is 0 Å². The van der Waals surface area contributed by atoms with Crippen LogP contribution >= 0.6 is 0 Å². The van der Waals surface area contributed by atoms with E-state index in [4.69, 9.17) is 0 Å². The van der Waals surface area contributed by atoms with Gasteiger partial charge in [-0.15, -0.1) is 0 Å². The van der Waals surface area contributed by atoms with Gasteiger partial charge in [0.05, 0.1) is 0 Å². The summed E-state index contributed by atoms with van der Waals surface area (Å²) in [5, 5.41) is 12.4. The van der Waals surface area contributed by atoms with Crippen LogP contribution in [-0.4, -0.2) is 54.9 Å². The first-order valence-electron chi connectivity index (χ1n) is 8.82. The standard InChI is InChI=1S/C18H26FN3O2/c19-15-4-1-5-17(11-15)21-9-6-16(7-10-21)20-18(24)22-8-2-3-14(12-22)13-23/h1,4-5,11,14,16,23H,2-3,6-10,12-13H2,(H,20,24). The highest BCUT2D eigenvalue weighted by Gasteiger charge is 2.26. The van der Waals surface area contributed by atoms with Crippen molar-refractivity contribution in [3.63, 3.8) is 0 Å². The maximum Gasteiger partial charge on any atom is 0.317 e. The first-order chi connectivity index (χ1) is 11.7. The predicted octanol–water partition coefficient (Wildman–Crippen LogP) is 2.21. The third kappa shape index (κ3) is 4.17. The Morgan fingerprint density at radius 2 is 2.04 bits per heavy atom. The van der Waals surface area contributed by atoms with Crippen LogP contribution in [0.4, 0.5) is 14.9 Å². The Balaban J connectivity index is 1.47. The normalized spacial score (nSPS) is 22.5. The van der Waals surface area contributed by atoms with Crippen molar-refractivity contribution < 1.29 is 14.3 Å². The fourth-order valence-corrected chi connectivity index (χ4v) is 3.62. The van der Waals surface area contributed by atoms with Crippen LogP contribution in [0.15, 0.2) is 24.3 Å². The highest BCUT2D eigenvalue weighted by molar-refractivity contribution is 5.74. The second kappa shape index (κ2) is 7.83. The molecule has 1 aromatic carbocycles. The molecule has 0 spiro atoms. The number of rotatable bonds is 3. The van der Waals surface area contributed by atoms with Crippen LogP contribution in [0.25, 0.3) is 0 Å². The SMILES string of the molecule is O=C(NC1CCN(c2cccc(F)c2)CC1)N1CCCC(CO)C1. The van der Waals surface area contributed by atoms with E-state index in [0.29, 0.717) is 6.54 Å². The minimum absolute atomic E-state index is 0.0163. The zero-order valence-electron chi connectivity index (χ0n) is 14.0. The van der Waals surface area contributed by atoms with E-state index in [1.807, 2.05) is 11.0 Å². The number of benzene rings is 1. The van der Waals surface area contributed by atoms with Crippen LogP contribution in [0.2, 0.25) is 0 Å². The number of amides is 2. The molecule has 24 heavy (non-hydrogen) atoms. The predicted molar refractivity (Wildman–Crippen MR) is 91.5 cm³/mol. The Kier molecular flexibility index (Phi) is 5.56. The Labute approximate surface area is 142 Å². The second-order valence-electron chi connectivity index (χ2n) is 6.83. The van der Waals surface area contributed by atoms with Crippen molar-refractivity contribution in [2.75, 3.05) is 37.7 Å². The fraction of sp³-hybridized carbons (Fsp3) is 0.611. The molecule has 2 amide bonds. The van der Waals surface area contributed by atoms with E-state index in [1.165, 1.54) is 6.07 Å². The number of hydrogen-bond acceptors (Lipinski definition) is 3. The van der Waals surface area contributed by atoms with Crippen molar-refractivity contribution in [3.05, 3.63) is 30.1 Å². The van der Waals surface area contributed by atoms with Gasteiger partial charge in [-0.3, -0.25) is 0 Å². The summed E-state index contributed by atoms with van der Waals surface area (Å²) in [7, 11) is 0. The van der Waals surface area contributed by atoms with Gasteiger partial charge in [0, 0.05) is 44.5 Å². The molecule has 3 rings (SSSR count). The van der Waals surface area contributed by atoms with E-state index < -0.39 is 0 Å². The van der Waals surface area contributed by atoms with Crippen LogP contribution in [0.1, 0.15) is 25.7 Å². The summed E-state index contributed by atoms with van der Waals surface area (Å²) in [4.78, 5) is 16.4. The van der Waals surface area contributed by atoms with Crippen molar-refractivity contribution in [2.24, 2.45) is 5.92 Å². The Bertz CT molecular complexity index is 561. The van der Waals surface area contributed by atoms with E-state index >= 15 is 0 Å². The summed E-state index contributed by atoms with van der Waals surface area (Å²) in [5.74, 6) is -0.00853. The number of aliphatic hydroxyl groups excluding tert-OH is 1. The van der Waals surface area contributed by atoms with Gasteiger partial charge in [0.1, 0.15) is 5.82 Å². The lowest BCUT2D eigenvalue weighted by atomic mass is 9.99. The molecule has 2 saturated heterocycles. The summed E-state index contributed by atoms with van der Waals surface area (Å²) < 4.78 is 13.3. The number of nitrogens with zero attached hydrogens (tertiary/aromatic N) is 2. The van der Waals surface area contributed by atoms with Crippen LogP contribution in [0, 0.1) is 11.7 Å². The Morgan fingerprint density at radius 1 is 1.25 bits per heavy atom. The maximum absolute atomic E-state index is 13.3. The molecule has 2 aliphatic heterocycles. The number of nitrogens with one attached hydrogen (secondary N) is 1. The number of carbonyl (C=O) groups is 1. The average Bonchev–Trinajstić information content (AvgIpc) is 2.62. The van der Waals surface area contributed by atoms with E-state index in [0.717, 1.165) is 51.0 Å². The molecular formula is C18H26FN3O2. The molecule has 2 heterocycles. The Hall–Kier alpha value is -1.82. The summed E-state index contributed by atoms with van der Waals surface area (Å²) in [6.45, 7) is 3.19. The van der Waals surface area contributed by atoms with Gasteiger partial charge in [-0.25, -0.2) is 9.18 Å². The van der Waals surface area contributed by atoms with Crippen molar-refractivity contribution in [2.45, 2.75) is 31.7 Å².